The van der Waals surface area contributed by atoms with Crippen LogP contribution in [0.25, 0.3) is 0 Å². The van der Waals surface area contributed by atoms with Crippen LogP contribution in [-0.4, -0.2) is 224 Å². The molecule has 0 aliphatic carbocycles. The van der Waals surface area contributed by atoms with Gasteiger partial charge in [0.15, 0.2) is 0 Å². The van der Waals surface area contributed by atoms with Gasteiger partial charge in [-0.05, 0) is 82.1 Å². The van der Waals surface area contributed by atoms with E-state index in [1.165, 1.54) is 193 Å². The Bertz CT molecular complexity index is 919. The van der Waals surface area contributed by atoms with Gasteiger partial charge >= 0.3 is 0 Å². The molecule has 12 heteroatoms. The van der Waals surface area contributed by atoms with Crippen LogP contribution in [0.2, 0.25) is 0 Å². The Morgan fingerprint density at radius 2 is 0.862 bits per heavy atom. The highest BCUT2D eigenvalue weighted by Crippen LogP contribution is 2.11. The van der Waals surface area contributed by atoms with Crippen molar-refractivity contribution in [2.75, 3.05) is 171 Å². The predicted molar refractivity (Wildman–Crippen MR) is 247 cm³/mol. The molecule has 348 valence electrons. The molecule has 0 aromatic heterocycles. The third kappa shape index (κ3) is 25.5. The summed E-state index contributed by atoms with van der Waals surface area (Å²) in [5, 5.41) is 0. The largest absolute Gasteiger partial charge is 0.466 e. The lowest BCUT2D eigenvalue weighted by Crippen LogP contribution is -3.11. The van der Waals surface area contributed by atoms with Gasteiger partial charge in [-0.25, -0.2) is 0 Å². The third-order valence-electron chi connectivity index (χ3n) is 13.0. The number of hydrogen-bond donors (Lipinski definition) is 6. The zero-order valence-corrected chi connectivity index (χ0v) is 40.8. The normalized spacial score (nSPS) is 27.7. The van der Waals surface area contributed by atoms with Gasteiger partial charge in [0.25, 0.3) is 0 Å². The minimum atomic E-state index is 0.348. The van der Waals surface area contributed by atoms with Crippen molar-refractivity contribution in [2.45, 2.75) is 92.4 Å². The van der Waals surface area contributed by atoms with Gasteiger partial charge in [0.1, 0.15) is 0 Å². The lowest BCUT2D eigenvalue weighted by Gasteiger charge is -2.41. The van der Waals surface area contributed by atoms with Crippen LogP contribution < -0.4 is 29.4 Å². The molecule has 0 spiro atoms. The Hall–Kier alpha value is -0.480. The smallest absolute Gasteiger partial charge is 0.0686 e. The molecule has 6 heterocycles. The minimum absolute atomic E-state index is 0.348. The fraction of sp³-hybridized carbons (Fsp3) is 0.870. The summed E-state index contributed by atoms with van der Waals surface area (Å²) in [5.74, 6) is 0. The first-order valence-electron chi connectivity index (χ1n) is 23.6. The Morgan fingerprint density at radius 3 is 1.19 bits per heavy atom. The molecular weight excluding hydrogens is 721 g/mol. The van der Waals surface area contributed by atoms with Crippen molar-refractivity contribution in [3.63, 3.8) is 0 Å². The van der Waals surface area contributed by atoms with Gasteiger partial charge in [-0.1, -0.05) is 13.8 Å². The van der Waals surface area contributed by atoms with Crippen LogP contribution in [0.15, 0.2) is 0 Å². The summed E-state index contributed by atoms with van der Waals surface area (Å²) in [5.41, 5.74) is 0.348. The van der Waals surface area contributed by atoms with E-state index in [2.05, 4.69) is 148 Å². The molecule has 0 radical (unpaired) electrons. The fourth-order valence-corrected chi connectivity index (χ4v) is 8.02. The maximum Gasteiger partial charge on any atom is 0.0686 e. The summed E-state index contributed by atoms with van der Waals surface area (Å²) in [7, 11) is 28.2. The van der Waals surface area contributed by atoms with Crippen molar-refractivity contribution in [3.05, 3.63) is 42.3 Å². The summed E-state index contributed by atoms with van der Waals surface area (Å²) in [6.07, 6.45) is 1.28. The first kappa shape index (κ1) is 55.5. The molecule has 58 heavy (non-hydrogen) atoms. The molecule has 6 N–H and O–H groups in total. The molecule has 6 saturated heterocycles. The molecule has 2 atom stereocenters. The van der Waals surface area contributed by atoms with Crippen molar-refractivity contribution in [1.82, 2.24) is 29.4 Å². The molecule has 0 saturated carbocycles. The number of piperazine rings is 6. The summed E-state index contributed by atoms with van der Waals surface area (Å²) in [6.45, 7) is 49.5. The van der Waals surface area contributed by atoms with Crippen molar-refractivity contribution in [3.8, 4) is 0 Å². The van der Waals surface area contributed by atoms with Crippen molar-refractivity contribution >= 4 is 0 Å². The van der Waals surface area contributed by atoms with Gasteiger partial charge in [0.2, 0.25) is 0 Å². The van der Waals surface area contributed by atoms with E-state index in [1.807, 2.05) is 0 Å². The Kier molecular flexibility index (Phi) is 29.3. The zero-order valence-electron chi connectivity index (χ0n) is 40.8. The second-order valence-electron chi connectivity index (χ2n) is 19.6. The topological polar surface area (TPSA) is 46.1 Å². The average molecular weight is 825 g/mol. The quantitative estimate of drug-likeness (QED) is 0.161. The lowest BCUT2D eigenvalue weighted by molar-refractivity contribution is -0.865. The zero-order chi connectivity index (χ0) is 43.8. The van der Waals surface area contributed by atoms with Gasteiger partial charge in [-0.3, -0.25) is 29.4 Å². The number of hydrogen-bond acceptors (Lipinski definition) is 6. The number of likely N-dealkylation sites (N-methyl/N-ethyl adjacent to an activating group) is 3. The van der Waals surface area contributed by atoms with E-state index in [-0.39, 0.29) is 0 Å². The molecule has 6 aliphatic heterocycles. The van der Waals surface area contributed by atoms with Crippen LogP contribution >= 0.6 is 0 Å². The Labute approximate surface area is 363 Å². The van der Waals surface area contributed by atoms with Gasteiger partial charge in [-0.15, -0.1) is 0 Å². The lowest BCUT2D eigenvalue weighted by atomic mass is 10.1. The highest BCUT2D eigenvalue weighted by Gasteiger charge is 2.25. The maximum absolute atomic E-state index is 4.02. The van der Waals surface area contributed by atoms with Crippen LogP contribution in [0.5, 0.6) is 0 Å². The van der Waals surface area contributed by atoms with E-state index < -0.39 is 0 Å². The monoisotopic (exact) mass is 825 g/mol. The molecule has 0 aromatic rings. The number of quaternary nitrogens is 6. The molecule has 12 nitrogen and oxygen atoms in total. The van der Waals surface area contributed by atoms with E-state index in [4.69, 9.17) is 0 Å². The standard InChI is InChI=1S/C9H20N2.3C8H18N2.C7H16N2.C6H14N2/c1-9(2,3)11-7-5-10(4)6-8-11;1-7-5-9(3)6-8(2)10(7)4;1-8(2)10-6-4-9(3)5-7-10;1-3-4-10-7-5-9(2)6-8-10;1-3-9-6-4-8(2)5-7-9;1-7-3-5-8(2)6-4-7/h10H,4-8H2,1-3H3;7-9H,3,5-6H2,1-2,4H3;8-9H,3-7H2,1-2H3;9H,2-8H2,1H3;8H,2-7H2,1H3;7H,1,3-6H2,2H3. The van der Waals surface area contributed by atoms with E-state index in [9.17, 15) is 0 Å². The number of rotatable bonds is 4. The Morgan fingerprint density at radius 1 is 0.517 bits per heavy atom. The van der Waals surface area contributed by atoms with E-state index in [0.717, 1.165) is 0 Å². The van der Waals surface area contributed by atoms with Crippen LogP contribution in [0, 0.1) is 42.3 Å². The third-order valence-corrected chi connectivity index (χ3v) is 13.0. The molecule has 0 bridgehead atoms. The number of nitrogens with one attached hydrogen (secondary N) is 6. The average Bonchev–Trinajstić information content (AvgIpc) is 3.18. The van der Waals surface area contributed by atoms with Crippen LogP contribution in [-0.2, 0) is 0 Å². The summed E-state index contributed by atoms with van der Waals surface area (Å²) in [6, 6.07) is 2.10. The summed E-state index contributed by atoms with van der Waals surface area (Å²) >= 11 is 0. The highest BCUT2D eigenvalue weighted by atomic mass is 15.3. The Balaban J connectivity index is 0.000000349. The summed E-state index contributed by atoms with van der Waals surface area (Å²) in [4.78, 5) is 23.3. The highest BCUT2D eigenvalue weighted by molar-refractivity contribution is 4.77. The van der Waals surface area contributed by atoms with Gasteiger partial charge in [0.05, 0.1) is 90.6 Å². The molecule has 6 rings (SSSR count). The number of nitrogens with zero attached hydrogens (tertiary/aromatic N) is 6. The minimum Gasteiger partial charge on any atom is -0.466 e. The van der Waals surface area contributed by atoms with Gasteiger partial charge in [0, 0.05) is 77.0 Å². The SMILES string of the molecule is [CH2-][NH+]1CC(C)N(C)C(C)C1.[CH2-][NH+]1CCN(C(C)(C)C)CC1.[CH2-][NH+]1CCN(C(C)C)CC1.[CH2-][NH+]1CCN(C)CC1.[CH2-][NH+]1CCN(CC)CC1.[CH2-][NH+]1CCN(CCC)CC1. The van der Waals surface area contributed by atoms with Crippen molar-refractivity contribution in [1.29, 1.82) is 0 Å². The van der Waals surface area contributed by atoms with Crippen molar-refractivity contribution < 1.29 is 29.4 Å². The van der Waals surface area contributed by atoms with E-state index >= 15 is 0 Å². The maximum atomic E-state index is 4.02. The molecule has 0 aromatic carbocycles. The second kappa shape index (κ2) is 30.5. The molecule has 2 unspecified atom stereocenters. The van der Waals surface area contributed by atoms with Crippen LogP contribution in [0.4, 0.5) is 0 Å². The molecule has 0 amide bonds. The van der Waals surface area contributed by atoms with Crippen LogP contribution in [0.3, 0.4) is 0 Å². The van der Waals surface area contributed by atoms with E-state index in [0.29, 0.717) is 23.7 Å². The first-order chi connectivity index (χ1) is 27.2. The molecular formula is C46H104N12. The van der Waals surface area contributed by atoms with Crippen LogP contribution in [0.1, 0.15) is 68.7 Å². The van der Waals surface area contributed by atoms with Gasteiger partial charge < -0.3 is 29.4 Å². The molecule has 6 aliphatic rings. The first-order valence-corrected chi connectivity index (χ1v) is 23.6. The molecule has 6 fully saturated rings. The van der Waals surface area contributed by atoms with Gasteiger partial charge in [-0.2, -0.15) is 42.3 Å². The fourth-order valence-electron chi connectivity index (χ4n) is 8.02. The second-order valence-corrected chi connectivity index (χ2v) is 19.6. The van der Waals surface area contributed by atoms with E-state index in [1.54, 1.807) is 0 Å². The predicted octanol–water partition coefficient (Wildman–Crippen LogP) is -4.46. The summed E-state index contributed by atoms with van der Waals surface area (Å²) < 4.78 is 0. The van der Waals surface area contributed by atoms with Crippen molar-refractivity contribution in [2.24, 2.45) is 0 Å².